The molecule has 86 valence electrons. The molecule has 0 aliphatic rings. The van der Waals surface area contributed by atoms with Crippen molar-refractivity contribution in [1.29, 1.82) is 0 Å². The molecule has 0 fully saturated rings. The lowest BCUT2D eigenvalue weighted by atomic mass is 10.3. The van der Waals surface area contributed by atoms with E-state index in [-0.39, 0.29) is 28.6 Å². The van der Waals surface area contributed by atoms with Gasteiger partial charge in [0.05, 0.1) is 11.9 Å². The van der Waals surface area contributed by atoms with E-state index in [9.17, 15) is 13.2 Å². The fraction of sp³-hybridized carbons (Fsp3) is 0.286. The molecule has 0 saturated carbocycles. The average Bonchev–Trinajstić information content (AvgIpc) is 2.60. The van der Waals surface area contributed by atoms with Crippen LogP contribution in [0.15, 0.2) is 0 Å². The Labute approximate surface area is 91.8 Å². The largest absolute Gasteiger partial charge is 0.433 e. The van der Waals surface area contributed by atoms with Gasteiger partial charge in [-0.3, -0.25) is 5.10 Å². The zero-order chi connectivity index (χ0) is 11.9. The number of nitrogens with one attached hydrogen (secondary N) is 1. The van der Waals surface area contributed by atoms with Crippen LogP contribution in [0, 0.1) is 0 Å². The van der Waals surface area contributed by atoms with Crippen molar-refractivity contribution in [2.24, 2.45) is 5.73 Å². The zero-order valence-electron chi connectivity index (χ0n) is 7.64. The maximum absolute atomic E-state index is 12.5. The Balaban J connectivity index is 2.74. The Morgan fingerprint density at radius 3 is 2.56 bits per heavy atom. The second-order valence-corrected chi connectivity index (χ2v) is 3.29. The summed E-state index contributed by atoms with van der Waals surface area (Å²) in [7, 11) is 0. The molecule has 0 spiro atoms. The minimum absolute atomic E-state index is 0.0239. The molecule has 3 N–H and O–H groups in total. The summed E-state index contributed by atoms with van der Waals surface area (Å²) in [4.78, 5) is 7.36. The van der Waals surface area contributed by atoms with Crippen molar-refractivity contribution in [3.8, 4) is 0 Å². The molecule has 0 saturated heterocycles. The number of aromatic amines is 1. The summed E-state index contributed by atoms with van der Waals surface area (Å²) >= 11 is 5.63. The lowest BCUT2D eigenvalue weighted by molar-refractivity contribution is -0.139. The third kappa shape index (κ3) is 1.69. The predicted octanol–water partition coefficient (Wildman–Crippen LogP) is 1.48. The standard InChI is InChI=1S/C7H5ClF3N5/c8-5-3-4(7(9,10)11)15-16-6(3)14-2(1-12)13-5/h1,12H2,(H,13,14,15,16). The Bertz CT molecular complexity index is 535. The van der Waals surface area contributed by atoms with Crippen molar-refractivity contribution in [1.82, 2.24) is 20.2 Å². The number of rotatable bonds is 1. The molecule has 2 rings (SSSR count). The van der Waals surface area contributed by atoms with Crippen LogP contribution in [0.3, 0.4) is 0 Å². The molecule has 0 aliphatic heterocycles. The summed E-state index contributed by atoms with van der Waals surface area (Å²) in [5, 5.41) is 4.61. The Morgan fingerprint density at radius 2 is 2.00 bits per heavy atom. The molecule has 2 heterocycles. The van der Waals surface area contributed by atoms with Crippen LogP contribution in [0.25, 0.3) is 11.0 Å². The maximum Gasteiger partial charge on any atom is 0.433 e. The number of aromatic nitrogens is 4. The molecular formula is C7H5ClF3N5. The van der Waals surface area contributed by atoms with E-state index in [1.165, 1.54) is 0 Å². The maximum atomic E-state index is 12.5. The summed E-state index contributed by atoms with van der Waals surface area (Å²) in [6, 6.07) is 0. The van der Waals surface area contributed by atoms with Crippen molar-refractivity contribution >= 4 is 22.6 Å². The number of H-pyrrole nitrogens is 1. The highest BCUT2D eigenvalue weighted by Crippen LogP contribution is 2.34. The number of hydrogen-bond acceptors (Lipinski definition) is 4. The predicted molar refractivity (Wildman–Crippen MR) is 49.6 cm³/mol. The Morgan fingerprint density at radius 1 is 1.31 bits per heavy atom. The van der Waals surface area contributed by atoms with Crippen LogP contribution in [0.2, 0.25) is 5.15 Å². The molecule has 0 aliphatic carbocycles. The van der Waals surface area contributed by atoms with Crippen LogP contribution >= 0.6 is 11.6 Å². The fourth-order valence-corrected chi connectivity index (χ4v) is 1.50. The van der Waals surface area contributed by atoms with Gasteiger partial charge in [0, 0.05) is 0 Å². The van der Waals surface area contributed by atoms with Crippen molar-refractivity contribution in [2.75, 3.05) is 0 Å². The molecule has 5 nitrogen and oxygen atoms in total. The van der Waals surface area contributed by atoms with Gasteiger partial charge in [-0.25, -0.2) is 9.97 Å². The summed E-state index contributed by atoms with van der Waals surface area (Å²) in [6.45, 7) is -0.0239. The Kier molecular flexibility index (Phi) is 2.47. The molecule has 2 aromatic rings. The van der Waals surface area contributed by atoms with Gasteiger partial charge in [0.25, 0.3) is 0 Å². The number of nitrogens with zero attached hydrogens (tertiary/aromatic N) is 3. The highest BCUT2D eigenvalue weighted by Gasteiger charge is 2.36. The van der Waals surface area contributed by atoms with E-state index in [0.717, 1.165) is 0 Å². The van der Waals surface area contributed by atoms with Gasteiger partial charge in [-0.1, -0.05) is 11.6 Å². The van der Waals surface area contributed by atoms with Gasteiger partial charge in [-0.2, -0.15) is 18.3 Å². The first kappa shape index (κ1) is 11.1. The van der Waals surface area contributed by atoms with E-state index in [4.69, 9.17) is 17.3 Å². The van der Waals surface area contributed by atoms with Crippen LogP contribution in [0.5, 0.6) is 0 Å². The second-order valence-electron chi connectivity index (χ2n) is 2.93. The van der Waals surface area contributed by atoms with Crippen molar-refractivity contribution < 1.29 is 13.2 Å². The second kappa shape index (κ2) is 3.56. The number of hydrogen-bond donors (Lipinski definition) is 2. The molecule has 2 aromatic heterocycles. The first-order chi connectivity index (χ1) is 7.43. The summed E-state index contributed by atoms with van der Waals surface area (Å²) < 4.78 is 37.5. The third-order valence-corrected chi connectivity index (χ3v) is 2.16. The monoisotopic (exact) mass is 251 g/mol. The van der Waals surface area contributed by atoms with E-state index >= 15 is 0 Å². The van der Waals surface area contributed by atoms with Gasteiger partial charge in [0.1, 0.15) is 11.0 Å². The smallest absolute Gasteiger partial charge is 0.324 e. The summed E-state index contributed by atoms with van der Waals surface area (Å²) in [5.41, 5.74) is 4.05. The minimum atomic E-state index is -4.58. The topological polar surface area (TPSA) is 80.5 Å². The highest BCUT2D eigenvalue weighted by molar-refractivity contribution is 6.34. The third-order valence-electron chi connectivity index (χ3n) is 1.88. The van der Waals surface area contributed by atoms with Gasteiger partial charge in [0.2, 0.25) is 0 Å². The summed E-state index contributed by atoms with van der Waals surface area (Å²) in [6.07, 6.45) is -4.58. The number of halogens is 4. The molecular weight excluding hydrogens is 247 g/mol. The molecule has 0 atom stereocenters. The average molecular weight is 252 g/mol. The van der Waals surface area contributed by atoms with Crippen LogP contribution < -0.4 is 5.73 Å². The number of alkyl halides is 3. The first-order valence-electron chi connectivity index (χ1n) is 4.11. The van der Waals surface area contributed by atoms with Crippen LogP contribution in [-0.4, -0.2) is 20.2 Å². The van der Waals surface area contributed by atoms with E-state index in [2.05, 4.69) is 15.1 Å². The number of nitrogens with two attached hydrogens (primary N) is 1. The molecule has 9 heteroatoms. The minimum Gasteiger partial charge on any atom is -0.324 e. The fourth-order valence-electron chi connectivity index (χ4n) is 1.22. The molecule has 16 heavy (non-hydrogen) atoms. The van der Waals surface area contributed by atoms with Crippen LogP contribution in [0.4, 0.5) is 13.2 Å². The van der Waals surface area contributed by atoms with E-state index in [0.29, 0.717) is 0 Å². The van der Waals surface area contributed by atoms with Crippen molar-refractivity contribution in [3.63, 3.8) is 0 Å². The van der Waals surface area contributed by atoms with E-state index < -0.39 is 11.9 Å². The number of fused-ring (bicyclic) bond motifs is 1. The lowest BCUT2D eigenvalue weighted by Gasteiger charge is -2.04. The first-order valence-corrected chi connectivity index (χ1v) is 4.49. The van der Waals surface area contributed by atoms with Gasteiger partial charge in [0.15, 0.2) is 11.3 Å². The van der Waals surface area contributed by atoms with E-state index in [1.807, 2.05) is 5.10 Å². The quantitative estimate of drug-likeness (QED) is 0.753. The van der Waals surface area contributed by atoms with Crippen molar-refractivity contribution in [2.45, 2.75) is 12.7 Å². The molecule has 0 radical (unpaired) electrons. The SMILES string of the molecule is NCc1nc(Cl)c2c(C(F)(F)F)[nH]nc2n1. The van der Waals surface area contributed by atoms with Crippen LogP contribution in [0.1, 0.15) is 11.5 Å². The van der Waals surface area contributed by atoms with Gasteiger partial charge in [-0.05, 0) is 0 Å². The molecule has 0 aromatic carbocycles. The summed E-state index contributed by atoms with van der Waals surface area (Å²) in [5.74, 6) is 0.137. The molecule has 0 bridgehead atoms. The normalized spacial score (nSPS) is 12.3. The Hall–Kier alpha value is -1.41. The highest BCUT2D eigenvalue weighted by atomic mass is 35.5. The zero-order valence-corrected chi connectivity index (χ0v) is 8.39. The lowest BCUT2D eigenvalue weighted by Crippen LogP contribution is -2.07. The van der Waals surface area contributed by atoms with Gasteiger partial charge in [-0.15, -0.1) is 0 Å². The van der Waals surface area contributed by atoms with E-state index in [1.54, 1.807) is 0 Å². The van der Waals surface area contributed by atoms with Gasteiger partial charge >= 0.3 is 6.18 Å². The molecule has 0 amide bonds. The van der Waals surface area contributed by atoms with Gasteiger partial charge < -0.3 is 5.73 Å². The molecule has 0 unspecified atom stereocenters. The van der Waals surface area contributed by atoms with Crippen LogP contribution in [-0.2, 0) is 12.7 Å². The van der Waals surface area contributed by atoms with Crippen molar-refractivity contribution in [3.05, 3.63) is 16.7 Å².